The lowest BCUT2D eigenvalue weighted by Gasteiger charge is -2.03. The number of nitrogens with one attached hydrogen (secondary N) is 2. The molecule has 27 heavy (non-hydrogen) atoms. The summed E-state index contributed by atoms with van der Waals surface area (Å²) in [6.45, 7) is 0. The van der Waals surface area contributed by atoms with E-state index in [1.807, 2.05) is 5.43 Å². The first-order valence-corrected chi connectivity index (χ1v) is 7.93. The second-order valence-electron chi connectivity index (χ2n) is 5.32. The van der Waals surface area contributed by atoms with Crippen molar-refractivity contribution in [3.8, 4) is 0 Å². The fourth-order valence-electron chi connectivity index (χ4n) is 2.14. The van der Waals surface area contributed by atoms with E-state index in [2.05, 4.69) is 10.4 Å². The van der Waals surface area contributed by atoms with Crippen molar-refractivity contribution in [3.05, 3.63) is 75.4 Å². The number of carbonyl (C=O) groups excluding carboxylic acids is 2. The molecule has 0 bridgehead atoms. The molecule has 0 saturated carbocycles. The van der Waals surface area contributed by atoms with E-state index >= 15 is 0 Å². The summed E-state index contributed by atoms with van der Waals surface area (Å²) in [5, 5.41) is 6.47. The maximum Gasteiger partial charge on any atom is 0.329 e. The van der Waals surface area contributed by atoms with Crippen molar-refractivity contribution >= 4 is 46.3 Å². The molecule has 0 aliphatic rings. The van der Waals surface area contributed by atoms with Crippen molar-refractivity contribution < 1.29 is 18.4 Å². The van der Waals surface area contributed by atoms with Gasteiger partial charge < -0.3 is 9.73 Å². The van der Waals surface area contributed by atoms with E-state index in [0.29, 0.717) is 10.6 Å². The lowest BCUT2D eigenvalue weighted by Crippen LogP contribution is -2.32. The van der Waals surface area contributed by atoms with Gasteiger partial charge in [-0.05, 0) is 42.5 Å². The highest BCUT2D eigenvalue weighted by molar-refractivity contribution is 6.39. The Morgan fingerprint density at radius 3 is 2.59 bits per heavy atom. The quantitative estimate of drug-likeness (QED) is 0.410. The molecule has 3 rings (SSSR count). The number of hydrogen-bond donors (Lipinski definition) is 2. The standard InChI is InChI=1S/C18H11ClFN3O4/c19-11-1-6-15-14(7-11)16(24)10(9-27-15)8-21-23-18(26)17(25)22-13-4-2-12(20)3-5-13/h1-9H,(H,22,25)(H,23,26)/b21-8-. The average molecular weight is 388 g/mol. The predicted octanol–water partition coefficient (Wildman–Crippen LogP) is 2.67. The van der Waals surface area contributed by atoms with Crippen molar-refractivity contribution in [2.75, 3.05) is 5.32 Å². The Morgan fingerprint density at radius 2 is 1.85 bits per heavy atom. The number of rotatable bonds is 3. The molecule has 7 nitrogen and oxygen atoms in total. The Morgan fingerprint density at radius 1 is 1.11 bits per heavy atom. The van der Waals surface area contributed by atoms with Crippen molar-refractivity contribution in [1.82, 2.24) is 5.43 Å². The molecule has 0 atom stereocenters. The van der Waals surface area contributed by atoms with Crippen LogP contribution in [0.4, 0.5) is 10.1 Å². The molecule has 2 aromatic carbocycles. The van der Waals surface area contributed by atoms with Crippen LogP contribution in [0.5, 0.6) is 0 Å². The molecule has 0 fully saturated rings. The van der Waals surface area contributed by atoms with Crippen LogP contribution in [0.3, 0.4) is 0 Å². The van der Waals surface area contributed by atoms with Crippen molar-refractivity contribution in [3.63, 3.8) is 0 Å². The van der Waals surface area contributed by atoms with Gasteiger partial charge in [0.2, 0.25) is 5.43 Å². The van der Waals surface area contributed by atoms with E-state index in [0.717, 1.165) is 18.3 Å². The van der Waals surface area contributed by atoms with Gasteiger partial charge in [-0.1, -0.05) is 11.6 Å². The van der Waals surface area contributed by atoms with Crippen LogP contribution in [-0.2, 0) is 9.59 Å². The number of anilines is 1. The lowest BCUT2D eigenvalue weighted by molar-refractivity contribution is -0.136. The highest BCUT2D eigenvalue weighted by Crippen LogP contribution is 2.16. The molecule has 2 amide bonds. The first-order chi connectivity index (χ1) is 12.9. The zero-order chi connectivity index (χ0) is 19.4. The van der Waals surface area contributed by atoms with Crippen LogP contribution in [0.15, 0.2) is 63.0 Å². The van der Waals surface area contributed by atoms with Gasteiger partial charge in [0.15, 0.2) is 0 Å². The van der Waals surface area contributed by atoms with E-state index in [9.17, 15) is 18.8 Å². The molecule has 1 heterocycles. The minimum atomic E-state index is -1.07. The number of halogens is 2. The van der Waals surface area contributed by atoms with Crippen molar-refractivity contribution in [2.24, 2.45) is 5.10 Å². The second kappa shape index (κ2) is 7.79. The number of carbonyl (C=O) groups is 2. The maximum absolute atomic E-state index is 12.8. The summed E-state index contributed by atoms with van der Waals surface area (Å²) in [6, 6.07) is 9.47. The topological polar surface area (TPSA) is 101 Å². The first-order valence-electron chi connectivity index (χ1n) is 7.55. The number of benzene rings is 2. The van der Waals surface area contributed by atoms with Crippen LogP contribution in [0.2, 0.25) is 5.02 Å². The van der Waals surface area contributed by atoms with E-state index in [1.54, 1.807) is 12.1 Å². The number of hydrazone groups is 1. The van der Waals surface area contributed by atoms with Crippen LogP contribution < -0.4 is 16.2 Å². The van der Waals surface area contributed by atoms with Gasteiger partial charge in [-0.2, -0.15) is 5.10 Å². The molecule has 136 valence electrons. The molecule has 0 saturated heterocycles. The predicted molar refractivity (Wildman–Crippen MR) is 98.3 cm³/mol. The van der Waals surface area contributed by atoms with Gasteiger partial charge in [0.1, 0.15) is 17.7 Å². The largest absolute Gasteiger partial charge is 0.463 e. The molecule has 0 spiro atoms. The zero-order valence-electron chi connectivity index (χ0n) is 13.5. The fourth-order valence-corrected chi connectivity index (χ4v) is 2.31. The average Bonchev–Trinajstić information content (AvgIpc) is 2.65. The summed E-state index contributed by atoms with van der Waals surface area (Å²) in [4.78, 5) is 35.8. The summed E-state index contributed by atoms with van der Waals surface area (Å²) >= 11 is 5.86. The minimum Gasteiger partial charge on any atom is -0.463 e. The van der Waals surface area contributed by atoms with Gasteiger partial charge in [-0.15, -0.1) is 0 Å². The van der Waals surface area contributed by atoms with Gasteiger partial charge in [0.05, 0.1) is 17.2 Å². The van der Waals surface area contributed by atoms with Crippen LogP contribution >= 0.6 is 11.6 Å². The number of amides is 2. The summed E-state index contributed by atoms with van der Waals surface area (Å²) in [7, 11) is 0. The smallest absolute Gasteiger partial charge is 0.329 e. The van der Waals surface area contributed by atoms with E-state index in [1.165, 1.54) is 24.5 Å². The van der Waals surface area contributed by atoms with E-state index in [-0.39, 0.29) is 16.6 Å². The van der Waals surface area contributed by atoms with Gasteiger partial charge in [0.25, 0.3) is 0 Å². The van der Waals surface area contributed by atoms with Crippen molar-refractivity contribution in [1.29, 1.82) is 0 Å². The van der Waals surface area contributed by atoms with Gasteiger partial charge in [0, 0.05) is 10.7 Å². The summed E-state index contributed by atoms with van der Waals surface area (Å²) in [5.41, 5.74) is 2.24. The Hall–Kier alpha value is -3.52. The van der Waals surface area contributed by atoms with Gasteiger partial charge in [-0.25, -0.2) is 9.82 Å². The second-order valence-corrected chi connectivity index (χ2v) is 5.76. The van der Waals surface area contributed by atoms with Crippen LogP contribution in [0.25, 0.3) is 11.0 Å². The number of hydrogen-bond acceptors (Lipinski definition) is 5. The van der Waals surface area contributed by atoms with Gasteiger partial charge >= 0.3 is 11.8 Å². The molecule has 9 heteroatoms. The minimum absolute atomic E-state index is 0.0593. The first kappa shape index (κ1) is 18.3. The zero-order valence-corrected chi connectivity index (χ0v) is 14.3. The molecule has 2 N–H and O–H groups in total. The Labute approximate surface area is 156 Å². The monoisotopic (exact) mass is 387 g/mol. The fraction of sp³-hybridized carbons (Fsp3) is 0. The third-order valence-electron chi connectivity index (χ3n) is 3.44. The molecule has 0 aliphatic heterocycles. The summed E-state index contributed by atoms with van der Waals surface area (Å²) in [6.07, 6.45) is 2.22. The maximum atomic E-state index is 12.8. The molecule has 3 aromatic rings. The highest BCUT2D eigenvalue weighted by Gasteiger charge is 2.13. The SMILES string of the molecule is O=C(N/N=C\c1coc2ccc(Cl)cc2c1=O)C(=O)Nc1ccc(F)cc1. The Balaban J connectivity index is 1.68. The normalized spacial score (nSPS) is 10.9. The number of nitrogens with zero attached hydrogens (tertiary/aromatic N) is 1. The summed E-state index contributed by atoms with van der Waals surface area (Å²) in [5.74, 6) is -2.54. The molecule has 0 radical (unpaired) electrons. The molecule has 0 unspecified atom stereocenters. The molecular weight excluding hydrogens is 377 g/mol. The van der Waals surface area contributed by atoms with E-state index < -0.39 is 23.1 Å². The molecule has 1 aromatic heterocycles. The van der Waals surface area contributed by atoms with Crippen LogP contribution in [0, 0.1) is 5.82 Å². The van der Waals surface area contributed by atoms with Crippen LogP contribution in [0.1, 0.15) is 5.56 Å². The lowest BCUT2D eigenvalue weighted by atomic mass is 10.2. The van der Waals surface area contributed by atoms with Crippen LogP contribution in [-0.4, -0.2) is 18.0 Å². The summed E-state index contributed by atoms with van der Waals surface area (Å²) < 4.78 is 18.1. The Bertz CT molecular complexity index is 1110. The van der Waals surface area contributed by atoms with Crippen molar-refractivity contribution in [2.45, 2.75) is 0 Å². The third kappa shape index (κ3) is 4.36. The molecular formula is C18H11ClFN3O4. The highest BCUT2D eigenvalue weighted by atomic mass is 35.5. The molecule has 0 aliphatic carbocycles. The number of fused-ring (bicyclic) bond motifs is 1. The van der Waals surface area contributed by atoms with E-state index in [4.69, 9.17) is 16.0 Å². The third-order valence-corrected chi connectivity index (χ3v) is 3.67. The van der Waals surface area contributed by atoms with Gasteiger partial charge in [-0.3, -0.25) is 14.4 Å². The Kier molecular flexibility index (Phi) is 5.28.